The van der Waals surface area contributed by atoms with E-state index in [2.05, 4.69) is 6.58 Å². The highest BCUT2D eigenvalue weighted by Gasteiger charge is 2.21. The summed E-state index contributed by atoms with van der Waals surface area (Å²) in [6, 6.07) is 5.57. The molecule has 0 spiro atoms. The van der Waals surface area contributed by atoms with Gasteiger partial charge in [0, 0.05) is 5.56 Å². The van der Waals surface area contributed by atoms with Crippen molar-refractivity contribution in [1.29, 1.82) is 0 Å². The van der Waals surface area contributed by atoms with Gasteiger partial charge in [-0.05, 0) is 22.1 Å². The standard InChI is InChI=1S/C18H19F/c1-13-9-6-5-7-10-14(13)15-11-8-12-16(17(15)19)18(2,3)4/h5-12H,1H2,2-4H3. The third kappa shape index (κ3) is 2.76. The summed E-state index contributed by atoms with van der Waals surface area (Å²) in [6.45, 7) is 10.1. The summed E-state index contributed by atoms with van der Waals surface area (Å²) in [5, 5.41) is 0. The molecule has 0 saturated carbocycles. The van der Waals surface area contributed by atoms with Crippen molar-refractivity contribution in [1.82, 2.24) is 0 Å². The third-order valence-corrected chi connectivity index (χ3v) is 3.23. The molecule has 0 aliphatic heterocycles. The molecular formula is C18H19F. The van der Waals surface area contributed by atoms with E-state index in [1.807, 2.05) is 69.4 Å². The number of benzene rings is 1. The Morgan fingerprint density at radius 1 is 1.05 bits per heavy atom. The minimum atomic E-state index is -0.210. The van der Waals surface area contributed by atoms with Gasteiger partial charge in [-0.1, -0.05) is 75.9 Å². The van der Waals surface area contributed by atoms with Gasteiger partial charge >= 0.3 is 0 Å². The number of hydrogen-bond donors (Lipinski definition) is 0. The van der Waals surface area contributed by atoms with Crippen molar-refractivity contribution in [3.63, 3.8) is 0 Å². The second-order valence-corrected chi connectivity index (χ2v) is 5.77. The molecule has 1 aliphatic carbocycles. The SMILES string of the molecule is C=C1C=CC=CC=C1c1cccc(C(C)(C)C)c1F. The molecule has 98 valence electrons. The van der Waals surface area contributed by atoms with E-state index in [0.717, 1.165) is 16.7 Å². The van der Waals surface area contributed by atoms with Gasteiger partial charge in [-0.15, -0.1) is 0 Å². The van der Waals surface area contributed by atoms with Crippen LogP contribution in [0.3, 0.4) is 0 Å². The van der Waals surface area contributed by atoms with Gasteiger partial charge in [-0.3, -0.25) is 0 Å². The average Bonchev–Trinajstić information content (AvgIpc) is 2.53. The molecule has 1 aromatic rings. The molecule has 0 saturated heterocycles. The number of hydrogen-bond acceptors (Lipinski definition) is 0. The number of allylic oxidation sites excluding steroid dienone is 7. The molecule has 0 N–H and O–H groups in total. The summed E-state index contributed by atoms with van der Waals surface area (Å²) in [7, 11) is 0. The first-order valence-corrected chi connectivity index (χ1v) is 6.45. The van der Waals surface area contributed by atoms with E-state index in [1.54, 1.807) is 0 Å². The summed E-state index contributed by atoms with van der Waals surface area (Å²) in [5.41, 5.74) is 2.81. The maximum Gasteiger partial charge on any atom is 0.134 e. The van der Waals surface area contributed by atoms with Crippen LogP contribution in [0.15, 0.2) is 60.7 Å². The van der Waals surface area contributed by atoms with Gasteiger partial charge in [0.1, 0.15) is 5.82 Å². The lowest BCUT2D eigenvalue weighted by Crippen LogP contribution is -2.14. The van der Waals surface area contributed by atoms with Crippen LogP contribution in [0.2, 0.25) is 0 Å². The lowest BCUT2D eigenvalue weighted by molar-refractivity contribution is 0.521. The molecule has 1 aromatic carbocycles. The Morgan fingerprint density at radius 3 is 2.47 bits per heavy atom. The Kier molecular flexibility index (Phi) is 3.57. The maximum atomic E-state index is 14.7. The highest BCUT2D eigenvalue weighted by molar-refractivity contribution is 5.83. The van der Waals surface area contributed by atoms with E-state index in [1.165, 1.54) is 0 Å². The molecule has 1 heteroatoms. The summed E-state index contributed by atoms with van der Waals surface area (Å²) in [5.74, 6) is -0.147. The molecule has 0 atom stereocenters. The highest BCUT2D eigenvalue weighted by Crippen LogP contribution is 2.32. The van der Waals surface area contributed by atoms with Crippen LogP contribution in [0.25, 0.3) is 5.57 Å². The number of halogens is 1. The molecule has 19 heavy (non-hydrogen) atoms. The quantitative estimate of drug-likeness (QED) is 0.647. The predicted molar refractivity (Wildman–Crippen MR) is 80.5 cm³/mol. The van der Waals surface area contributed by atoms with E-state index in [0.29, 0.717) is 5.56 Å². The fourth-order valence-corrected chi connectivity index (χ4v) is 2.17. The van der Waals surface area contributed by atoms with E-state index in [9.17, 15) is 4.39 Å². The predicted octanol–water partition coefficient (Wildman–Crippen LogP) is 5.19. The largest absolute Gasteiger partial charge is 0.206 e. The van der Waals surface area contributed by atoms with Crippen LogP contribution in [0.4, 0.5) is 4.39 Å². The van der Waals surface area contributed by atoms with Crippen molar-refractivity contribution in [2.24, 2.45) is 0 Å². The third-order valence-electron chi connectivity index (χ3n) is 3.23. The molecular weight excluding hydrogens is 235 g/mol. The van der Waals surface area contributed by atoms with E-state index >= 15 is 0 Å². The second kappa shape index (κ2) is 5.00. The minimum Gasteiger partial charge on any atom is -0.206 e. The van der Waals surface area contributed by atoms with Crippen LogP contribution < -0.4 is 0 Å². The summed E-state index contributed by atoms with van der Waals surface area (Å²) < 4.78 is 14.7. The van der Waals surface area contributed by atoms with Crippen molar-refractivity contribution in [3.8, 4) is 0 Å². The van der Waals surface area contributed by atoms with Crippen LogP contribution >= 0.6 is 0 Å². The van der Waals surface area contributed by atoms with Crippen molar-refractivity contribution in [2.75, 3.05) is 0 Å². The lowest BCUT2D eigenvalue weighted by atomic mass is 9.84. The van der Waals surface area contributed by atoms with Gasteiger partial charge in [0.15, 0.2) is 0 Å². The van der Waals surface area contributed by atoms with Crippen molar-refractivity contribution < 1.29 is 4.39 Å². The van der Waals surface area contributed by atoms with Crippen molar-refractivity contribution >= 4 is 5.57 Å². The number of rotatable bonds is 1. The molecule has 2 rings (SSSR count). The van der Waals surface area contributed by atoms with Gasteiger partial charge in [-0.2, -0.15) is 0 Å². The molecule has 0 heterocycles. The monoisotopic (exact) mass is 254 g/mol. The first-order valence-electron chi connectivity index (χ1n) is 6.45. The van der Waals surface area contributed by atoms with Crippen LogP contribution in [0.5, 0.6) is 0 Å². The maximum absolute atomic E-state index is 14.7. The van der Waals surface area contributed by atoms with Gasteiger partial charge in [0.25, 0.3) is 0 Å². The Bertz CT molecular complexity index is 593. The first-order chi connectivity index (χ1) is 8.91. The fraction of sp³-hybridized carbons (Fsp3) is 0.222. The second-order valence-electron chi connectivity index (χ2n) is 5.77. The fourth-order valence-electron chi connectivity index (χ4n) is 2.17. The van der Waals surface area contributed by atoms with Crippen LogP contribution in [-0.2, 0) is 5.41 Å². The normalized spacial score (nSPS) is 15.4. The summed E-state index contributed by atoms with van der Waals surface area (Å²) >= 11 is 0. The summed E-state index contributed by atoms with van der Waals surface area (Å²) in [6.07, 6.45) is 9.56. The average molecular weight is 254 g/mol. The minimum absolute atomic E-state index is 0.147. The molecule has 0 fully saturated rings. The van der Waals surface area contributed by atoms with E-state index in [-0.39, 0.29) is 11.2 Å². The van der Waals surface area contributed by atoms with Crippen LogP contribution in [-0.4, -0.2) is 0 Å². The Morgan fingerprint density at radius 2 is 1.79 bits per heavy atom. The molecule has 0 bridgehead atoms. The lowest BCUT2D eigenvalue weighted by Gasteiger charge is -2.22. The molecule has 0 amide bonds. The molecule has 0 unspecified atom stereocenters. The van der Waals surface area contributed by atoms with Gasteiger partial charge in [-0.25, -0.2) is 4.39 Å². The van der Waals surface area contributed by atoms with Crippen molar-refractivity contribution in [3.05, 3.63) is 77.7 Å². The Labute approximate surface area is 114 Å². The van der Waals surface area contributed by atoms with Gasteiger partial charge in [0.2, 0.25) is 0 Å². The smallest absolute Gasteiger partial charge is 0.134 e. The van der Waals surface area contributed by atoms with Crippen LogP contribution in [0.1, 0.15) is 31.9 Å². The topological polar surface area (TPSA) is 0 Å². The Balaban J connectivity index is 2.58. The Hall–Kier alpha value is -1.89. The molecule has 1 aliphatic rings. The van der Waals surface area contributed by atoms with Crippen LogP contribution in [0, 0.1) is 5.82 Å². The zero-order valence-corrected chi connectivity index (χ0v) is 11.7. The zero-order valence-electron chi connectivity index (χ0n) is 11.7. The molecule has 0 radical (unpaired) electrons. The van der Waals surface area contributed by atoms with E-state index < -0.39 is 0 Å². The van der Waals surface area contributed by atoms with Gasteiger partial charge < -0.3 is 0 Å². The van der Waals surface area contributed by atoms with Gasteiger partial charge in [0.05, 0.1) is 0 Å². The first kappa shape index (κ1) is 13.5. The van der Waals surface area contributed by atoms with E-state index in [4.69, 9.17) is 0 Å². The summed E-state index contributed by atoms with van der Waals surface area (Å²) in [4.78, 5) is 0. The van der Waals surface area contributed by atoms with Crippen molar-refractivity contribution in [2.45, 2.75) is 26.2 Å². The highest BCUT2D eigenvalue weighted by atomic mass is 19.1. The zero-order chi connectivity index (χ0) is 14.0. The molecule has 0 nitrogen and oxygen atoms in total. The molecule has 0 aromatic heterocycles.